The van der Waals surface area contributed by atoms with Crippen LogP contribution in [-0.2, 0) is 4.74 Å². The fourth-order valence-electron chi connectivity index (χ4n) is 1.70. The van der Waals surface area contributed by atoms with Crippen LogP contribution in [-0.4, -0.2) is 26.8 Å². The zero-order valence-corrected chi connectivity index (χ0v) is 11.8. The Labute approximate surface area is 111 Å². The number of rotatable bonds is 8. The Morgan fingerprint density at radius 2 is 1.89 bits per heavy atom. The Kier molecular flexibility index (Phi) is 7.38. The molecule has 0 aliphatic heterocycles. The SMILES string of the molecule is COCCNCCC=Cc1ccc(C(C)C)cc1. The molecule has 1 aromatic carbocycles. The normalized spacial score (nSPS) is 11.6. The molecule has 18 heavy (non-hydrogen) atoms. The lowest BCUT2D eigenvalue weighted by atomic mass is 10.0. The molecule has 0 bridgehead atoms. The molecule has 0 radical (unpaired) electrons. The summed E-state index contributed by atoms with van der Waals surface area (Å²) >= 11 is 0. The molecule has 100 valence electrons. The van der Waals surface area contributed by atoms with Gasteiger partial charge in [0.25, 0.3) is 0 Å². The van der Waals surface area contributed by atoms with E-state index in [1.807, 2.05) is 0 Å². The largest absolute Gasteiger partial charge is 0.383 e. The van der Waals surface area contributed by atoms with Crippen molar-refractivity contribution in [1.29, 1.82) is 0 Å². The highest BCUT2D eigenvalue weighted by Gasteiger charge is 1.96. The Hall–Kier alpha value is -1.12. The van der Waals surface area contributed by atoms with E-state index < -0.39 is 0 Å². The van der Waals surface area contributed by atoms with E-state index in [1.165, 1.54) is 11.1 Å². The summed E-state index contributed by atoms with van der Waals surface area (Å²) in [7, 11) is 1.72. The minimum absolute atomic E-state index is 0.605. The van der Waals surface area contributed by atoms with Gasteiger partial charge in [0.1, 0.15) is 0 Å². The standard InChI is InChI=1S/C16H25NO/c1-14(2)16-9-7-15(8-10-16)6-4-5-11-17-12-13-18-3/h4,6-10,14,17H,5,11-13H2,1-3H3. The maximum Gasteiger partial charge on any atom is 0.0587 e. The zero-order valence-electron chi connectivity index (χ0n) is 11.8. The highest BCUT2D eigenvalue weighted by Crippen LogP contribution is 2.15. The minimum atomic E-state index is 0.605. The summed E-state index contributed by atoms with van der Waals surface area (Å²) in [5.74, 6) is 0.605. The van der Waals surface area contributed by atoms with Gasteiger partial charge < -0.3 is 10.1 Å². The highest BCUT2D eigenvalue weighted by atomic mass is 16.5. The Balaban J connectivity index is 2.25. The summed E-state index contributed by atoms with van der Waals surface area (Å²) in [4.78, 5) is 0. The lowest BCUT2D eigenvalue weighted by molar-refractivity contribution is 0.199. The molecule has 0 spiro atoms. The van der Waals surface area contributed by atoms with Crippen LogP contribution in [0.15, 0.2) is 30.3 Å². The van der Waals surface area contributed by atoms with Crippen LogP contribution in [0.1, 0.15) is 37.3 Å². The van der Waals surface area contributed by atoms with Gasteiger partial charge in [0.15, 0.2) is 0 Å². The van der Waals surface area contributed by atoms with Crippen LogP contribution < -0.4 is 5.32 Å². The zero-order chi connectivity index (χ0) is 13.2. The fraction of sp³-hybridized carbons (Fsp3) is 0.500. The summed E-state index contributed by atoms with van der Waals surface area (Å²) in [6.45, 7) is 7.14. The third kappa shape index (κ3) is 5.99. The predicted octanol–water partition coefficient (Wildman–Crippen LogP) is 3.45. The molecule has 2 nitrogen and oxygen atoms in total. The molecular formula is C16H25NO. The van der Waals surface area contributed by atoms with E-state index in [0.29, 0.717) is 5.92 Å². The van der Waals surface area contributed by atoms with Crippen LogP contribution in [0.3, 0.4) is 0 Å². The first kappa shape index (κ1) is 14.9. The van der Waals surface area contributed by atoms with E-state index in [4.69, 9.17) is 4.74 Å². The van der Waals surface area contributed by atoms with E-state index >= 15 is 0 Å². The van der Waals surface area contributed by atoms with Crippen LogP contribution >= 0.6 is 0 Å². The smallest absolute Gasteiger partial charge is 0.0587 e. The molecule has 0 heterocycles. The lowest BCUT2D eigenvalue weighted by Crippen LogP contribution is -2.19. The van der Waals surface area contributed by atoms with Crippen molar-refractivity contribution in [3.63, 3.8) is 0 Å². The highest BCUT2D eigenvalue weighted by molar-refractivity contribution is 5.49. The van der Waals surface area contributed by atoms with Gasteiger partial charge in [-0.05, 0) is 30.0 Å². The van der Waals surface area contributed by atoms with E-state index in [9.17, 15) is 0 Å². The van der Waals surface area contributed by atoms with Crippen LogP contribution in [0.5, 0.6) is 0 Å². The number of ether oxygens (including phenoxy) is 1. The van der Waals surface area contributed by atoms with Crippen molar-refractivity contribution in [3.05, 3.63) is 41.5 Å². The summed E-state index contributed by atoms with van der Waals surface area (Å²) < 4.78 is 4.97. The van der Waals surface area contributed by atoms with Crippen LogP contribution in [0, 0.1) is 0 Å². The van der Waals surface area contributed by atoms with E-state index in [-0.39, 0.29) is 0 Å². The molecule has 1 N–H and O–H groups in total. The van der Waals surface area contributed by atoms with Crippen LogP contribution in [0.25, 0.3) is 6.08 Å². The Bertz CT molecular complexity index is 341. The molecule has 1 aromatic rings. The third-order valence-electron chi connectivity index (χ3n) is 2.88. The van der Waals surface area contributed by atoms with Crippen molar-refractivity contribution in [1.82, 2.24) is 5.32 Å². The monoisotopic (exact) mass is 247 g/mol. The summed E-state index contributed by atoms with van der Waals surface area (Å²) in [5.41, 5.74) is 2.67. The van der Waals surface area contributed by atoms with Crippen LogP contribution in [0.2, 0.25) is 0 Å². The van der Waals surface area contributed by atoms with E-state index in [2.05, 4.69) is 55.6 Å². The second-order valence-corrected chi connectivity index (χ2v) is 4.76. The van der Waals surface area contributed by atoms with Gasteiger partial charge in [-0.2, -0.15) is 0 Å². The van der Waals surface area contributed by atoms with Crippen molar-refractivity contribution in [2.75, 3.05) is 26.8 Å². The van der Waals surface area contributed by atoms with Crippen molar-refractivity contribution < 1.29 is 4.74 Å². The Morgan fingerprint density at radius 1 is 1.17 bits per heavy atom. The van der Waals surface area contributed by atoms with Crippen molar-refractivity contribution in [3.8, 4) is 0 Å². The molecule has 0 aliphatic carbocycles. The van der Waals surface area contributed by atoms with Crippen molar-refractivity contribution in [2.45, 2.75) is 26.2 Å². The lowest BCUT2D eigenvalue weighted by Gasteiger charge is -2.04. The number of hydrogen-bond donors (Lipinski definition) is 1. The van der Waals surface area contributed by atoms with Gasteiger partial charge in [-0.15, -0.1) is 0 Å². The molecule has 0 amide bonds. The molecule has 0 aromatic heterocycles. The fourth-order valence-corrected chi connectivity index (χ4v) is 1.70. The number of hydrogen-bond acceptors (Lipinski definition) is 2. The predicted molar refractivity (Wildman–Crippen MR) is 78.9 cm³/mol. The topological polar surface area (TPSA) is 21.3 Å². The first-order chi connectivity index (χ1) is 8.74. The number of methoxy groups -OCH3 is 1. The van der Waals surface area contributed by atoms with Gasteiger partial charge >= 0.3 is 0 Å². The van der Waals surface area contributed by atoms with Crippen LogP contribution in [0.4, 0.5) is 0 Å². The molecule has 0 saturated carbocycles. The summed E-state index contributed by atoms with van der Waals surface area (Å²) in [6, 6.07) is 8.79. The molecule has 1 rings (SSSR count). The average molecular weight is 247 g/mol. The minimum Gasteiger partial charge on any atom is -0.383 e. The van der Waals surface area contributed by atoms with Crippen molar-refractivity contribution >= 4 is 6.08 Å². The quantitative estimate of drug-likeness (QED) is 0.710. The van der Waals surface area contributed by atoms with Gasteiger partial charge in [-0.3, -0.25) is 0 Å². The average Bonchev–Trinajstić information content (AvgIpc) is 2.38. The maximum absolute atomic E-state index is 4.97. The van der Waals surface area contributed by atoms with Gasteiger partial charge in [-0.1, -0.05) is 50.3 Å². The summed E-state index contributed by atoms with van der Waals surface area (Å²) in [5, 5.41) is 3.32. The molecule has 2 heteroatoms. The third-order valence-corrected chi connectivity index (χ3v) is 2.88. The number of nitrogens with one attached hydrogen (secondary N) is 1. The van der Waals surface area contributed by atoms with E-state index in [1.54, 1.807) is 7.11 Å². The second kappa shape index (κ2) is 8.90. The van der Waals surface area contributed by atoms with Crippen molar-refractivity contribution in [2.24, 2.45) is 0 Å². The summed E-state index contributed by atoms with van der Waals surface area (Å²) in [6.07, 6.45) is 5.45. The van der Waals surface area contributed by atoms with Gasteiger partial charge in [-0.25, -0.2) is 0 Å². The second-order valence-electron chi connectivity index (χ2n) is 4.76. The van der Waals surface area contributed by atoms with Gasteiger partial charge in [0.2, 0.25) is 0 Å². The number of benzene rings is 1. The molecule has 0 aliphatic rings. The molecule has 0 atom stereocenters. The van der Waals surface area contributed by atoms with Gasteiger partial charge in [0, 0.05) is 13.7 Å². The molecular weight excluding hydrogens is 222 g/mol. The van der Waals surface area contributed by atoms with E-state index in [0.717, 1.165) is 26.1 Å². The first-order valence-electron chi connectivity index (χ1n) is 6.70. The molecule has 0 fully saturated rings. The first-order valence-corrected chi connectivity index (χ1v) is 6.70. The Morgan fingerprint density at radius 3 is 2.50 bits per heavy atom. The maximum atomic E-state index is 4.97. The molecule has 0 saturated heterocycles. The molecule has 0 unspecified atom stereocenters. The van der Waals surface area contributed by atoms with Gasteiger partial charge in [0.05, 0.1) is 6.61 Å².